The predicted octanol–water partition coefficient (Wildman–Crippen LogP) is 4.37. The van der Waals surface area contributed by atoms with E-state index in [1.807, 2.05) is 6.07 Å². The van der Waals surface area contributed by atoms with Crippen LogP contribution in [-0.4, -0.2) is 31.7 Å². The Morgan fingerprint density at radius 2 is 2.03 bits per heavy atom. The Bertz CT molecular complexity index is 1260. The van der Waals surface area contributed by atoms with E-state index in [0.717, 1.165) is 46.6 Å². The number of thiophene rings is 1. The molecule has 0 aliphatic carbocycles. The van der Waals surface area contributed by atoms with Gasteiger partial charge in [-0.05, 0) is 60.4 Å². The predicted molar refractivity (Wildman–Crippen MR) is 116 cm³/mol. The molecule has 3 aromatic heterocycles. The Labute approximate surface area is 180 Å². The maximum absolute atomic E-state index is 14.6. The van der Waals surface area contributed by atoms with Crippen molar-refractivity contribution < 1.29 is 8.78 Å². The third-order valence-electron chi connectivity index (χ3n) is 5.35. The van der Waals surface area contributed by atoms with Crippen molar-refractivity contribution in [2.24, 2.45) is 0 Å². The van der Waals surface area contributed by atoms with Crippen molar-refractivity contribution in [2.75, 3.05) is 17.6 Å². The minimum atomic E-state index is -1.02. The molecule has 0 saturated heterocycles. The average Bonchev–Trinajstić information content (AvgIpc) is 3.35. The number of halogens is 2. The number of nitrogens with zero attached hydrogens (tertiary/aromatic N) is 5. The van der Waals surface area contributed by atoms with Crippen LogP contribution in [0.3, 0.4) is 0 Å². The minimum absolute atomic E-state index is 0.0973. The molecule has 0 bridgehead atoms. The van der Waals surface area contributed by atoms with Gasteiger partial charge >= 0.3 is 0 Å². The molecular weight excluding hydrogens is 420 g/mol. The standard InChI is InChI=1S/C21H19F2N7S/c1-11-5-6-15(19(23)18(11)22)30-21(27-28-29-30)13-8-12(10-26-20(13)24)17-9-14-16(31-17)4-2-3-7-25-14/h5-6,8-10,25H,2-4,7H2,1H3,(H2,24,26). The third-order valence-corrected chi connectivity index (χ3v) is 6.60. The lowest BCUT2D eigenvalue weighted by atomic mass is 10.1. The highest BCUT2D eigenvalue weighted by molar-refractivity contribution is 7.16. The van der Waals surface area contributed by atoms with Crippen LogP contribution in [0.5, 0.6) is 0 Å². The summed E-state index contributed by atoms with van der Waals surface area (Å²) in [6, 6.07) is 6.85. The van der Waals surface area contributed by atoms with Gasteiger partial charge in [0, 0.05) is 33.7 Å². The fourth-order valence-electron chi connectivity index (χ4n) is 3.65. The topological polar surface area (TPSA) is 94.5 Å². The molecule has 0 radical (unpaired) electrons. The van der Waals surface area contributed by atoms with E-state index in [4.69, 9.17) is 5.73 Å². The number of hydrogen-bond acceptors (Lipinski definition) is 7. The Morgan fingerprint density at radius 3 is 2.90 bits per heavy atom. The van der Waals surface area contributed by atoms with Crippen molar-refractivity contribution >= 4 is 22.8 Å². The van der Waals surface area contributed by atoms with Crippen molar-refractivity contribution in [1.29, 1.82) is 0 Å². The van der Waals surface area contributed by atoms with E-state index in [2.05, 4.69) is 31.9 Å². The van der Waals surface area contributed by atoms with Crippen LogP contribution in [0.4, 0.5) is 20.3 Å². The molecule has 4 heterocycles. The van der Waals surface area contributed by atoms with E-state index < -0.39 is 11.6 Å². The van der Waals surface area contributed by atoms with Gasteiger partial charge in [-0.25, -0.2) is 13.8 Å². The maximum atomic E-state index is 14.6. The number of nitrogens with one attached hydrogen (secondary N) is 1. The second kappa shape index (κ2) is 7.69. The van der Waals surface area contributed by atoms with E-state index >= 15 is 0 Å². The van der Waals surface area contributed by atoms with Crippen LogP contribution in [0.25, 0.3) is 27.5 Å². The summed E-state index contributed by atoms with van der Waals surface area (Å²) in [5, 5.41) is 15.0. The number of pyridine rings is 1. The Hall–Kier alpha value is -3.40. The van der Waals surface area contributed by atoms with Crippen LogP contribution in [0, 0.1) is 18.6 Å². The molecule has 0 fully saturated rings. The first-order valence-electron chi connectivity index (χ1n) is 9.89. The molecule has 1 aliphatic heterocycles. The number of benzene rings is 1. The highest BCUT2D eigenvalue weighted by Gasteiger charge is 2.21. The van der Waals surface area contributed by atoms with Gasteiger partial charge in [0.1, 0.15) is 11.5 Å². The first kappa shape index (κ1) is 19.6. The number of fused-ring (bicyclic) bond motifs is 1. The molecule has 0 atom stereocenters. The monoisotopic (exact) mass is 439 g/mol. The quantitative estimate of drug-likeness (QED) is 0.492. The van der Waals surface area contributed by atoms with E-state index in [9.17, 15) is 8.78 Å². The second-order valence-corrected chi connectivity index (χ2v) is 8.57. The summed E-state index contributed by atoms with van der Waals surface area (Å²) >= 11 is 1.71. The molecule has 7 nitrogen and oxygen atoms in total. The van der Waals surface area contributed by atoms with Crippen molar-refractivity contribution in [2.45, 2.75) is 26.2 Å². The second-order valence-electron chi connectivity index (χ2n) is 7.43. The zero-order valence-electron chi connectivity index (χ0n) is 16.7. The molecule has 0 saturated carbocycles. The van der Waals surface area contributed by atoms with Crippen molar-refractivity contribution in [3.8, 4) is 27.5 Å². The number of rotatable bonds is 3. The smallest absolute Gasteiger partial charge is 0.190 e. The summed E-state index contributed by atoms with van der Waals surface area (Å²) in [6.45, 7) is 2.45. The fourth-order valence-corrected chi connectivity index (χ4v) is 4.81. The molecule has 0 unspecified atom stereocenters. The van der Waals surface area contributed by atoms with Crippen LogP contribution in [-0.2, 0) is 6.42 Å². The van der Waals surface area contributed by atoms with Crippen molar-refractivity contribution in [3.05, 3.63) is 52.5 Å². The summed E-state index contributed by atoms with van der Waals surface area (Å²) in [4.78, 5) is 6.67. The van der Waals surface area contributed by atoms with Crippen LogP contribution >= 0.6 is 11.3 Å². The summed E-state index contributed by atoms with van der Waals surface area (Å²) in [6.07, 6.45) is 5.05. The normalized spacial score (nSPS) is 13.5. The van der Waals surface area contributed by atoms with Gasteiger partial charge in [-0.2, -0.15) is 4.68 Å². The van der Waals surface area contributed by atoms with E-state index in [1.54, 1.807) is 17.5 Å². The van der Waals surface area contributed by atoms with Gasteiger partial charge in [0.05, 0.1) is 5.56 Å². The zero-order valence-corrected chi connectivity index (χ0v) is 17.5. The molecule has 10 heteroatoms. The lowest BCUT2D eigenvalue weighted by Crippen LogP contribution is -2.07. The molecule has 1 aromatic carbocycles. The number of aryl methyl sites for hydroxylation is 2. The number of nitrogens with two attached hydrogens (primary N) is 1. The number of tetrazole rings is 1. The van der Waals surface area contributed by atoms with Gasteiger partial charge in [0.25, 0.3) is 0 Å². The molecule has 1 aliphatic rings. The van der Waals surface area contributed by atoms with E-state index in [1.165, 1.54) is 23.9 Å². The maximum Gasteiger partial charge on any atom is 0.190 e. The highest BCUT2D eigenvalue weighted by Crippen LogP contribution is 2.38. The van der Waals surface area contributed by atoms with Gasteiger partial charge in [-0.3, -0.25) is 0 Å². The summed E-state index contributed by atoms with van der Waals surface area (Å²) in [5.41, 5.74) is 8.67. The molecule has 3 N–H and O–H groups in total. The fraction of sp³-hybridized carbons (Fsp3) is 0.238. The van der Waals surface area contributed by atoms with Crippen LogP contribution in [0.2, 0.25) is 0 Å². The SMILES string of the molecule is Cc1ccc(-n2nnnc2-c2cc(-c3cc4c(s3)CCCCN4)cnc2N)c(F)c1F. The molecular formula is C21H19F2N7S. The number of anilines is 2. The Morgan fingerprint density at radius 1 is 1.16 bits per heavy atom. The minimum Gasteiger partial charge on any atom is -0.384 e. The van der Waals surface area contributed by atoms with Crippen LogP contribution in [0.1, 0.15) is 23.3 Å². The zero-order chi connectivity index (χ0) is 21.5. The first-order chi connectivity index (χ1) is 15.0. The van der Waals surface area contributed by atoms with Crippen LogP contribution in [0.15, 0.2) is 30.5 Å². The first-order valence-corrected chi connectivity index (χ1v) is 10.7. The number of aromatic nitrogens is 5. The van der Waals surface area contributed by atoms with Crippen molar-refractivity contribution in [3.63, 3.8) is 0 Å². The van der Waals surface area contributed by atoms with Gasteiger partial charge in [-0.1, -0.05) is 6.07 Å². The largest absolute Gasteiger partial charge is 0.384 e. The number of hydrogen-bond donors (Lipinski definition) is 2. The summed E-state index contributed by atoms with van der Waals surface area (Å²) in [5.74, 6) is -1.58. The Kier molecular flexibility index (Phi) is 4.85. The molecule has 158 valence electrons. The highest BCUT2D eigenvalue weighted by atomic mass is 32.1. The van der Waals surface area contributed by atoms with Gasteiger partial charge < -0.3 is 11.1 Å². The van der Waals surface area contributed by atoms with E-state index in [0.29, 0.717) is 5.56 Å². The lowest BCUT2D eigenvalue weighted by molar-refractivity contribution is 0.495. The summed E-state index contributed by atoms with van der Waals surface area (Å²) < 4.78 is 29.9. The van der Waals surface area contributed by atoms with Gasteiger partial charge in [-0.15, -0.1) is 16.4 Å². The third kappa shape index (κ3) is 3.42. The average molecular weight is 439 g/mol. The van der Waals surface area contributed by atoms with Gasteiger partial charge in [0.2, 0.25) is 0 Å². The van der Waals surface area contributed by atoms with Gasteiger partial charge in [0.15, 0.2) is 17.5 Å². The van der Waals surface area contributed by atoms with Crippen LogP contribution < -0.4 is 11.1 Å². The summed E-state index contributed by atoms with van der Waals surface area (Å²) in [7, 11) is 0. The number of nitrogen functional groups attached to an aromatic ring is 1. The molecule has 4 aromatic rings. The Balaban J connectivity index is 1.59. The lowest BCUT2D eigenvalue weighted by Gasteiger charge is -2.10. The molecule has 5 rings (SSSR count). The van der Waals surface area contributed by atoms with Crippen molar-refractivity contribution in [1.82, 2.24) is 25.2 Å². The van der Waals surface area contributed by atoms with E-state index in [-0.39, 0.29) is 22.9 Å². The molecule has 31 heavy (non-hydrogen) atoms. The molecule has 0 amide bonds. The molecule has 0 spiro atoms.